The minimum absolute atomic E-state index is 0.235. The Labute approximate surface area is 103 Å². The highest BCUT2D eigenvalue weighted by molar-refractivity contribution is 7.99. The third-order valence-corrected chi connectivity index (χ3v) is 3.52. The van der Waals surface area contributed by atoms with Crippen molar-refractivity contribution in [3.05, 3.63) is 17.0 Å². The highest BCUT2D eigenvalue weighted by Gasteiger charge is 2.27. The monoisotopic (exact) mass is 260 g/mol. The molecule has 2 rings (SSSR count). The molecule has 16 heavy (non-hydrogen) atoms. The number of nitrogens with zero attached hydrogens (tertiary/aromatic N) is 2. The van der Waals surface area contributed by atoms with Gasteiger partial charge in [-0.15, -0.1) is 11.8 Å². The van der Waals surface area contributed by atoms with Crippen molar-refractivity contribution in [3.8, 4) is 0 Å². The molecule has 0 aromatic carbocycles. The van der Waals surface area contributed by atoms with Crippen LogP contribution in [-0.4, -0.2) is 38.6 Å². The van der Waals surface area contributed by atoms with Crippen LogP contribution in [0.1, 0.15) is 24.6 Å². The molecule has 1 unspecified atom stereocenters. The standard InChI is InChI=1S/C10H13ClN2O2S/c11-8-3-9(16-5-7(15)4-14)13-10(12-8)6-1-2-6/h3,6-7,14-15H,1-2,4-5H2. The number of thioether (sulfide) groups is 1. The van der Waals surface area contributed by atoms with E-state index in [-0.39, 0.29) is 6.61 Å². The summed E-state index contributed by atoms with van der Waals surface area (Å²) in [7, 11) is 0. The Balaban J connectivity index is 2.02. The Morgan fingerprint density at radius 1 is 1.50 bits per heavy atom. The van der Waals surface area contributed by atoms with E-state index in [9.17, 15) is 5.11 Å². The van der Waals surface area contributed by atoms with Crippen molar-refractivity contribution in [1.29, 1.82) is 0 Å². The van der Waals surface area contributed by atoms with Crippen LogP contribution in [0.2, 0.25) is 5.15 Å². The van der Waals surface area contributed by atoms with E-state index in [1.54, 1.807) is 6.07 Å². The summed E-state index contributed by atoms with van der Waals surface area (Å²) >= 11 is 7.28. The van der Waals surface area contributed by atoms with Gasteiger partial charge in [0, 0.05) is 17.7 Å². The average molecular weight is 261 g/mol. The molecule has 1 aromatic heterocycles. The molecule has 0 bridgehead atoms. The third kappa shape index (κ3) is 3.31. The molecule has 0 saturated heterocycles. The molecule has 1 atom stereocenters. The van der Waals surface area contributed by atoms with Gasteiger partial charge in [-0.1, -0.05) is 11.6 Å². The lowest BCUT2D eigenvalue weighted by Gasteiger charge is -2.07. The van der Waals surface area contributed by atoms with Crippen molar-refractivity contribution in [1.82, 2.24) is 9.97 Å². The Bertz CT molecular complexity index is 374. The van der Waals surface area contributed by atoms with E-state index in [0.717, 1.165) is 23.7 Å². The van der Waals surface area contributed by atoms with Crippen LogP contribution < -0.4 is 0 Å². The molecule has 1 saturated carbocycles. The lowest BCUT2D eigenvalue weighted by molar-refractivity contribution is 0.113. The SMILES string of the molecule is OCC(O)CSc1cc(Cl)nc(C2CC2)n1. The van der Waals surface area contributed by atoms with Gasteiger partial charge in [-0.05, 0) is 12.8 Å². The molecular weight excluding hydrogens is 248 g/mol. The van der Waals surface area contributed by atoms with Crippen molar-refractivity contribution < 1.29 is 10.2 Å². The first-order valence-corrected chi connectivity index (χ1v) is 6.51. The number of aliphatic hydroxyl groups is 2. The number of rotatable bonds is 5. The Hall–Kier alpha value is -0.360. The van der Waals surface area contributed by atoms with Crippen LogP contribution in [0.4, 0.5) is 0 Å². The topological polar surface area (TPSA) is 66.2 Å². The van der Waals surface area contributed by atoms with Crippen LogP contribution in [-0.2, 0) is 0 Å². The first-order chi connectivity index (χ1) is 7.69. The predicted octanol–water partition coefficient (Wildman–Crippen LogP) is 1.45. The van der Waals surface area contributed by atoms with E-state index in [2.05, 4.69) is 9.97 Å². The molecule has 88 valence electrons. The summed E-state index contributed by atoms with van der Waals surface area (Å²) in [6.45, 7) is -0.235. The summed E-state index contributed by atoms with van der Waals surface area (Å²) in [5.74, 6) is 1.67. The van der Waals surface area contributed by atoms with Gasteiger partial charge in [0.05, 0.1) is 12.7 Å². The van der Waals surface area contributed by atoms with E-state index in [1.165, 1.54) is 11.8 Å². The van der Waals surface area contributed by atoms with Crippen molar-refractivity contribution in [2.75, 3.05) is 12.4 Å². The molecule has 4 nitrogen and oxygen atoms in total. The van der Waals surface area contributed by atoms with Crippen LogP contribution in [0, 0.1) is 0 Å². The maximum Gasteiger partial charge on any atom is 0.134 e. The Kier molecular flexibility index (Phi) is 4.02. The zero-order valence-electron chi connectivity index (χ0n) is 8.64. The molecular formula is C10H13ClN2O2S. The van der Waals surface area contributed by atoms with Crippen LogP contribution in [0.25, 0.3) is 0 Å². The summed E-state index contributed by atoms with van der Waals surface area (Å²) in [5, 5.41) is 19.1. The first kappa shape index (κ1) is 12.1. The van der Waals surface area contributed by atoms with Gasteiger partial charge in [0.15, 0.2) is 0 Å². The molecule has 2 N–H and O–H groups in total. The van der Waals surface area contributed by atoms with Crippen molar-refractivity contribution in [2.24, 2.45) is 0 Å². The van der Waals surface area contributed by atoms with E-state index < -0.39 is 6.10 Å². The number of aromatic nitrogens is 2. The van der Waals surface area contributed by atoms with Gasteiger partial charge < -0.3 is 10.2 Å². The molecule has 0 aliphatic heterocycles. The summed E-state index contributed by atoms with van der Waals surface area (Å²) in [4.78, 5) is 8.55. The fourth-order valence-corrected chi connectivity index (χ4v) is 2.32. The zero-order valence-corrected chi connectivity index (χ0v) is 10.2. The predicted molar refractivity (Wildman–Crippen MR) is 62.8 cm³/mol. The molecule has 0 amide bonds. The molecule has 1 aromatic rings. The molecule has 1 fully saturated rings. The summed E-state index contributed by atoms with van der Waals surface area (Å²) in [6, 6.07) is 1.68. The van der Waals surface area contributed by atoms with Crippen molar-refractivity contribution in [2.45, 2.75) is 29.9 Å². The first-order valence-electron chi connectivity index (χ1n) is 5.15. The number of hydrogen-bond acceptors (Lipinski definition) is 5. The number of hydrogen-bond donors (Lipinski definition) is 2. The molecule has 1 aliphatic carbocycles. The maximum atomic E-state index is 9.23. The van der Waals surface area contributed by atoms with Crippen LogP contribution in [0.15, 0.2) is 11.1 Å². The van der Waals surface area contributed by atoms with Crippen molar-refractivity contribution >= 4 is 23.4 Å². The minimum atomic E-state index is -0.719. The highest BCUT2D eigenvalue weighted by Crippen LogP contribution is 2.39. The zero-order chi connectivity index (χ0) is 11.5. The van der Waals surface area contributed by atoms with Gasteiger partial charge in [0.1, 0.15) is 16.0 Å². The van der Waals surface area contributed by atoms with E-state index in [4.69, 9.17) is 16.7 Å². The fraction of sp³-hybridized carbons (Fsp3) is 0.600. The molecule has 1 aliphatic rings. The van der Waals surface area contributed by atoms with Gasteiger partial charge >= 0.3 is 0 Å². The van der Waals surface area contributed by atoms with Crippen LogP contribution in [0.5, 0.6) is 0 Å². The van der Waals surface area contributed by atoms with Gasteiger partial charge in [0.2, 0.25) is 0 Å². The smallest absolute Gasteiger partial charge is 0.134 e. The second-order valence-corrected chi connectivity index (χ2v) is 5.24. The summed E-state index contributed by atoms with van der Waals surface area (Å²) in [6.07, 6.45) is 1.54. The lowest BCUT2D eigenvalue weighted by atomic mass is 10.4. The summed E-state index contributed by atoms with van der Waals surface area (Å²) in [5.41, 5.74) is 0. The Morgan fingerprint density at radius 2 is 2.25 bits per heavy atom. The van der Waals surface area contributed by atoms with Gasteiger partial charge in [0.25, 0.3) is 0 Å². The molecule has 1 heterocycles. The second-order valence-electron chi connectivity index (χ2n) is 3.81. The molecule has 6 heteroatoms. The largest absolute Gasteiger partial charge is 0.394 e. The quantitative estimate of drug-likeness (QED) is 0.620. The number of aliphatic hydroxyl groups excluding tert-OH is 2. The average Bonchev–Trinajstić information content (AvgIpc) is 3.09. The van der Waals surface area contributed by atoms with Crippen molar-refractivity contribution in [3.63, 3.8) is 0 Å². The fourth-order valence-electron chi connectivity index (χ4n) is 1.25. The van der Waals surface area contributed by atoms with E-state index >= 15 is 0 Å². The minimum Gasteiger partial charge on any atom is -0.394 e. The Morgan fingerprint density at radius 3 is 2.88 bits per heavy atom. The van der Waals surface area contributed by atoms with E-state index in [1.807, 2.05) is 0 Å². The van der Waals surface area contributed by atoms with E-state index in [0.29, 0.717) is 16.8 Å². The maximum absolute atomic E-state index is 9.23. The van der Waals surface area contributed by atoms with Crippen LogP contribution >= 0.6 is 23.4 Å². The molecule has 0 spiro atoms. The van der Waals surface area contributed by atoms with Gasteiger partial charge in [-0.3, -0.25) is 0 Å². The normalized spacial score (nSPS) is 17.4. The van der Waals surface area contributed by atoms with Crippen LogP contribution in [0.3, 0.4) is 0 Å². The highest BCUT2D eigenvalue weighted by atomic mass is 35.5. The third-order valence-electron chi connectivity index (χ3n) is 2.27. The molecule has 0 radical (unpaired) electrons. The lowest BCUT2D eigenvalue weighted by Crippen LogP contribution is -2.14. The summed E-state index contributed by atoms with van der Waals surface area (Å²) < 4.78 is 0. The van der Waals surface area contributed by atoms with Gasteiger partial charge in [-0.25, -0.2) is 9.97 Å². The van der Waals surface area contributed by atoms with Gasteiger partial charge in [-0.2, -0.15) is 0 Å². The number of halogens is 1. The second kappa shape index (κ2) is 5.31.